The first-order chi connectivity index (χ1) is 17.3. The Kier molecular flexibility index (Phi) is 9.31. The molecule has 7 nitrogen and oxygen atoms in total. The van der Waals surface area contributed by atoms with E-state index in [0.717, 1.165) is 29.7 Å². The zero-order chi connectivity index (χ0) is 26.2. The van der Waals surface area contributed by atoms with Crippen LogP contribution in [0.4, 0.5) is 0 Å². The van der Waals surface area contributed by atoms with Crippen LogP contribution in [0.5, 0.6) is 11.5 Å². The first-order valence-corrected chi connectivity index (χ1v) is 12.3. The highest BCUT2D eigenvalue weighted by molar-refractivity contribution is 6.46. The van der Waals surface area contributed by atoms with Gasteiger partial charge in [0.15, 0.2) is 0 Å². The van der Waals surface area contributed by atoms with E-state index in [2.05, 4.69) is 13.5 Å². The molecule has 2 aromatic carbocycles. The molecule has 36 heavy (non-hydrogen) atoms. The lowest BCUT2D eigenvalue weighted by atomic mass is 9.94. The molecule has 1 amide bonds. The molecule has 7 heteroatoms. The van der Waals surface area contributed by atoms with Crippen molar-refractivity contribution in [3.63, 3.8) is 0 Å². The molecule has 3 rings (SSSR count). The van der Waals surface area contributed by atoms with E-state index in [-0.39, 0.29) is 11.3 Å². The van der Waals surface area contributed by atoms with Gasteiger partial charge in [-0.25, -0.2) is 0 Å². The van der Waals surface area contributed by atoms with E-state index in [1.165, 1.54) is 4.90 Å². The summed E-state index contributed by atoms with van der Waals surface area (Å²) >= 11 is 0. The fourth-order valence-electron chi connectivity index (χ4n) is 4.11. The number of amides is 1. The van der Waals surface area contributed by atoms with Crippen molar-refractivity contribution < 1.29 is 24.2 Å². The van der Waals surface area contributed by atoms with Crippen LogP contribution in [0.2, 0.25) is 0 Å². The molecule has 0 bridgehead atoms. The first-order valence-electron chi connectivity index (χ1n) is 12.3. The van der Waals surface area contributed by atoms with E-state index in [9.17, 15) is 14.7 Å². The molecule has 1 aliphatic rings. The molecule has 0 saturated carbocycles. The minimum absolute atomic E-state index is 0.0811. The Morgan fingerprint density at radius 1 is 1.14 bits per heavy atom. The van der Waals surface area contributed by atoms with Crippen LogP contribution < -0.4 is 9.47 Å². The number of ketones is 1. The summed E-state index contributed by atoms with van der Waals surface area (Å²) in [5, 5.41) is 11.3. The molecule has 1 N–H and O–H groups in total. The van der Waals surface area contributed by atoms with Crippen molar-refractivity contribution in [3.05, 3.63) is 77.4 Å². The van der Waals surface area contributed by atoms with E-state index >= 15 is 0 Å². The Bertz CT molecular complexity index is 1120. The summed E-state index contributed by atoms with van der Waals surface area (Å²) in [6.45, 7) is 9.54. The maximum absolute atomic E-state index is 13.2. The van der Waals surface area contributed by atoms with Gasteiger partial charge in [-0.15, -0.1) is 0 Å². The lowest BCUT2D eigenvalue weighted by Gasteiger charge is -2.26. The lowest BCUT2D eigenvalue weighted by molar-refractivity contribution is -0.140. The van der Waals surface area contributed by atoms with Crippen molar-refractivity contribution in [3.8, 4) is 11.5 Å². The van der Waals surface area contributed by atoms with E-state index in [0.29, 0.717) is 37.6 Å². The monoisotopic (exact) mass is 492 g/mol. The number of likely N-dealkylation sites (N-methyl/N-ethyl adjacent to an activating group) is 1. The van der Waals surface area contributed by atoms with Gasteiger partial charge in [-0.1, -0.05) is 38.1 Å². The van der Waals surface area contributed by atoms with Gasteiger partial charge in [0.1, 0.15) is 23.9 Å². The number of Topliss-reactive ketones (excluding diaryl/α,β-unsaturated/α-hetero) is 1. The number of rotatable bonds is 12. The molecule has 1 unspecified atom stereocenters. The predicted molar refractivity (Wildman–Crippen MR) is 141 cm³/mol. The van der Waals surface area contributed by atoms with Gasteiger partial charge in [-0.3, -0.25) is 9.59 Å². The van der Waals surface area contributed by atoms with Gasteiger partial charge < -0.3 is 24.4 Å². The van der Waals surface area contributed by atoms with Crippen LogP contribution in [0.3, 0.4) is 0 Å². The molecule has 192 valence electrons. The minimum Gasteiger partial charge on any atom is -0.507 e. The maximum Gasteiger partial charge on any atom is 0.295 e. The van der Waals surface area contributed by atoms with Crippen molar-refractivity contribution in [1.29, 1.82) is 0 Å². The van der Waals surface area contributed by atoms with E-state index in [1.54, 1.807) is 24.3 Å². The summed E-state index contributed by atoms with van der Waals surface area (Å²) in [5.74, 6) is -0.123. The number of ether oxygens (including phenoxy) is 2. The zero-order valence-corrected chi connectivity index (χ0v) is 21.6. The topological polar surface area (TPSA) is 79.3 Å². The van der Waals surface area contributed by atoms with Crippen LogP contribution in [0.1, 0.15) is 42.5 Å². The third-order valence-electron chi connectivity index (χ3n) is 6.10. The highest BCUT2D eigenvalue weighted by atomic mass is 16.5. The molecule has 1 atom stereocenters. The molecule has 1 heterocycles. The Morgan fingerprint density at radius 2 is 1.86 bits per heavy atom. The van der Waals surface area contributed by atoms with Crippen LogP contribution in [-0.4, -0.2) is 67.0 Å². The van der Waals surface area contributed by atoms with Gasteiger partial charge >= 0.3 is 0 Å². The van der Waals surface area contributed by atoms with Crippen molar-refractivity contribution in [1.82, 2.24) is 9.80 Å². The second-order valence-corrected chi connectivity index (χ2v) is 9.15. The second-order valence-electron chi connectivity index (χ2n) is 9.15. The summed E-state index contributed by atoms with van der Waals surface area (Å²) in [6, 6.07) is 11.9. The Morgan fingerprint density at radius 3 is 2.47 bits per heavy atom. The number of hydrogen-bond donors (Lipinski definition) is 1. The SMILES string of the molecule is C=CCOc1ccc(/C(O)=C2\C(=O)C(=O)N(CCN(C)C)C2c2ccc(OCCCC)cc2)cc1C. The van der Waals surface area contributed by atoms with Crippen molar-refractivity contribution in [2.24, 2.45) is 0 Å². The lowest BCUT2D eigenvalue weighted by Crippen LogP contribution is -2.35. The van der Waals surface area contributed by atoms with Crippen LogP contribution in [0.15, 0.2) is 60.7 Å². The van der Waals surface area contributed by atoms with Crippen LogP contribution in [0.25, 0.3) is 5.76 Å². The number of unbranched alkanes of at least 4 members (excludes halogenated alkanes) is 1. The number of aliphatic hydroxyl groups is 1. The first kappa shape index (κ1) is 27.0. The van der Waals surface area contributed by atoms with Gasteiger partial charge in [-0.05, 0) is 68.9 Å². The number of aliphatic hydroxyl groups excluding tert-OH is 1. The van der Waals surface area contributed by atoms with Gasteiger partial charge in [-0.2, -0.15) is 0 Å². The smallest absolute Gasteiger partial charge is 0.295 e. The standard InChI is InChI=1S/C29H36N2O5/c1-6-8-18-35-23-12-9-21(10-13-23)26-25(28(33)29(34)31(26)16-15-30(4)5)27(32)22-11-14-24(20(3)19-22)36-17-7-2/h7,9-14,19,26,32H,2,6,8,15-18H2,1,3-5H3/b27-25+. The third kappa shape index (κ3) is 6.15. The predicted octanol–water partition coefficient (Wildman–Crippen LogP) is 4.72. The van der Waals surface area contributed by atoms with E-state index in [1.807, 2.05) is 50.2 Å². The van der Waals surface area contributed by atoms with Gasteiger partial charge in [0.05, 0.1) is 18.2 Å². The van der Waals surface area contributed by atoms with Crippen molar-refractivity contribution in [2.75, 3.05) is 40.4 Å². The normalized spacial score (nSPS) is 17.0. The average molecular weight is 493 g/mol. The highest BCUT2D eigenvalue weighted by Gasteiger charge is 2.45. The fourth-order valence-corrected chi connectivity index (χ4v) is 4.11. The molecular formula is C29H36N2O5. The Labute approximate surface area is 213 Å². The van der Waals surface area contributed by atoms with Crippen LogP contribution >= 0.6 is 0 Å². The second kappa shape index (κ2) is 12.4. The number of carbonyl (C=O) groups is 2. The molecule has 0 aromatic heterocycles. The zero-order valence-electron chi connectivity index (χ0n) is 21.6. The molecule has 1 aliphatic heterocycles. The molecular weight excluding hydrogens is 456 g/mol. The number of aryl methyl sites for hydroxylation is 1. The largest absolute Gasteiger partial charge is 0.507 e. The minimum atomic E-state index is -0.702. The van der Waals surface area contributed by atoms with Gasteiger partial charge in [0.25, 0.3) is 11.7 Å². The Hall–Kier alpha value is -3.58. The summed E-state index contributed by atoms with van der Waals surface area (Å²) in [4.78, 5) is 29.8. The van der Waals surface area contributed by atoms with Gasteiger partial charge in [0.2, 0.25) is 0 Å². The average Bonchev–Trinajstić information content (AvgIpc) is 3.11. The van der Waals surface area contributed by atoms with Gasteiger partial charge in [0, 0.05) is 18.7 Å². The fraction of sp³-hybridized carbons (Fsp3) is 0.379. The molecule has 0 spiro atoms. The van der Waals surface area contributed by atoms with Crippen LogP contribution in [0, 0.1) is 6.92 Å². The van der Waals surface area contributed by atoms with Crippen molar-refractivity contribution >= 4 is 17.4 Å². The van der Waals surface area contributed by atoms with Crippen molar-refractivity contribution in [2.45, 2.75) is 32.7 Å². The van der Waals surface area contributed by atoms with Crippen LogP contribution in [-0.2, 0) is 9.59 Å². The number of carbonyl (C=O) groups excluding carboxylic acids is 2. The Balaban J connectivity index is 2.03. The number of hydrogen-bond acceptors (Lipinski definition) is 6. The molecule has 1 saturated heterocycles. The summed E-state index contributed by atoms with van der Waals surface area (Å²) in [6.07, 6.45) is 3.66. The molecule has 2 aromatic rings. The number of benzene rings is 2. The maximum atomic E-state index is 13.2. The van der Waals surface area contributed by atoms with E-state index < -0.39 is 17.7 Å². The van der Waals surface area contributed by atoms with E-state index in [4.69, 9.17) is 9.47 Å². The molecule has 1 fully saturated rings. The number of likely N-dealkylation sites (tertiary alicyclic amines) is 1. The summed E-state index contributed by atoms with van der Waals surface area (Å²) in [7, 11) is 3.82. The molecule has 0 radical (unpaired) electrons. The number of nitrogens with zero attached hydrogens (tertiary/aromatic N) is 2. The molecule has 0 aliphatic carbocycles. The quantitative estimate of drug-likeness (QED) is 0.152. The summed E-state index contributed by atoms with van der Waals surface area (Å²) < 4.78 is 11.4. The highest BCUT2D eigenvalue weighted by Crippen LogP contribution is 2.40. The third-order valence-corrected chi connectivity index (χ3v) is 6.10. The summed E-state index contributed by atoms with van der Waals surface area (Å²) in [5.41, 5.74) is 2.07.